The van der Waals surface area contributed by atoms with Crippen molar-refractivity contribution in [2.24, 2.45) is 34.5 Å². The molecule has 192 valence electrons. The Kier molecular flexibility index (Phi) is 10.9. The van der Waals surface area contributed by atoms with Crippen LogP contribution >= 0.6 is 0 Å². The van der Waals surface area contributed by atoms with E-state index in [-0.39, 0.29) is 42.0 Å². The van der Waals surface area contributed by atoms with Gasteiger partial charge >= 0.3 is 5.97 Å². The summed E-state index contributed by atoms with van der Waals surface area (Å²) in [6.45, 7) is 7.92. The first-order chi connectivity index (χ1) is 15.5. The van der Waals surface area contributed by atoms with E-state index in [4.69, 9.17) is 0 Å². The van der Waals surface area contributed by atoms with Crippen LogP contribution < -0.4 is 0 Å². The molecule has 2 aliphatic rings. The van der Waals surface area contributed by atoms with Gasteiger partial charge in [0.1, 0.15) is 0 Å². The predicted octanol–water partition coefficient (Wildman–Crippen LogP) is 5.57. The van der Waals surface area contributed by atoms with Crippen LogP contribution in [-0.2, 0) is 4.79 Å². The van der Waals surface area contributed by atoms with Gasteiger partial charge in [0, 0.05) is 18.4 Å². The molecular formula is C28H50O5. The average Bonchev–Trinajstić information content (AvgIpc) is 2.75. The first kappa shape index (κ1) is 28.3. The van der Waals surface area contributed by atoms with Gasteiger partial charge in [0.2, 0.25) is 0 Å². The molecule has 2 saturated carbocycles. The largest absolute Gasteiger partial charge is 0.481 e. The van der Waals surface area contributed by atoms with E-state index in [1.165, 1.54) is 0 Å². The Labute approximate surface area is 201 Å². The van der Waals surface area contributed by atoms with Crippen LogP contribution in [0.25, 0.3) is 0 Å². The highest BCUT2D eigenvalue weighted by molar-refractivity contribution is 5.73. The summed E-state index contributed by atoms with van der Waals surface area (Å²) in [6.07, 6.45) is 15.3. The van der Waals surface area contributed by atoms with Gasteiger partial charge in [-0.15, -0.1) is 0 Å². The Balaban J connectivity index is 1.84. The van der Waals surface area contributed by atoms with Crippen molar-refractivity contribution in [1.29, 1.82) is 0 Å². The molecule has 5 heteroatoms. The van der Waals surface area contributed by atoms with Gasteiger partial charge in [-0.1, -0.05) is 51.7 Å². The fourth-order valence-electron chi connectivity index (χ4n) is 5.78. The zero-order chi connectivity index (χ0) is 24.6. The maximum Gasteiger partial charge on any atom is 0.309 e. The summed E-state index contributed by atoms with van der Waals surface area (Å²) in [5.41, 5.74) is -0.754. The topological polar surface area (TPSA) is 98.0 Å². The van der Waals surface area contributed by atoms with Gasteiger partial charge in [-0.05, 0) is 82.5 Å². The molecule has 0 aromatic heterocycles. The van der Waals surface area contributed by atoms with Gasteiger partial charge < -0.3 is 20.4 Å². The molecule has 0 radical (unpaired) electrons. The Bertz CT molecular complexity index is 626. The van der Waals surface area contributed by atoms with Crippen LogP contribution in [0.1, 0.15) is 105 Å². The fraction of sp³-hybridized carbons (Fsp3) is 0.893. The van der Waals surface area contributed by atoms with Gasteiger partial charge in [0.25, 0.3) is 0 Å². The highest BCUT2D eigenvalue weighted by Crippen LogP contribution is 2.38. The number of hydrogen-bond donors (Lipinski definition) is 4. The van der Waals surface area contributed by atoms with E-state index in [2.05, 4.69) is 26.0 Å². The minimum atomic E-state index is -0.756. The van der Waals surface area contributed by atoms with E-state index >= 15 is 0 Å². The third-order valence-electron chi connectivity index (χ3n) is 8.49. The number of carboxylic acid groups (broad SMARTS) is 1. The average molecular weight is 467 g/mol. The quantitative estimate of drug-likeness (QED) is 0.282. The van der Waals surface area contributed by atoms with Crippen LogP contribution in [0, 0.1) is 34.5 Å². The number of aliphatic hydroxyl groups excluding tert-OH is 3. The first-order valence-electron chi connectivity index (χ1n) is 13.4. The molecule has 6 unspecified atom stereocenters. The molecule has 0 aromatic rings. The molecule has 2 aliphatic carbocycles. The predicted molar refractivity (Wildman–Crippen MR) is 133 cm³/mol. The fourth-order valence-corrected chi connectivity index (χ4v) is 5.78. The summed E-state index contributed by atoms with van der Waals surface area (Å²) in [4.78, 5) is 11.3. The smallest absolute Gasteiger partial charge is 0.309 e. The molecule has 6 atom stereocenters. The molecule has 4 N–H and O–H groups in total. The third-order valence-corrected chi connectivity index (χ3v) is 8.49. The van der Waals surface area contributed by atoms with Crippen LogP contribution in [0.4, 0.5) is 0 Å². The Morgan fingerprint density at radius 3 is 1.70 bits per heavy atom. The molecule has 0 amide bonds. The summed E-state index contributed by atoms with van der Waals surface area (Å²) >= 11 is 0. The van der Waals surface area contributed by atoms with Gasteiger partial charge in [-0.2, -0.15) is 0 Å². The molecule has 5 nitrogen and oxygen atoms in total. The summed E-state index contributed by atoms with van der Waals surface area (Å²) in [5.74, 6) is 0.100. The monoisotopic (exact) mass is 466 g/mol. The lowest BCUT2D eigenvalue weighted by Gasteiger charge is -2.36. The van der Waals surface area contributed by atoms with E-state index < -0.39 is 11.4 Å². The van der Waals surface area contributed by atoms with Gasteiger partial charge in [0.05, 0.1) is 17.6 Å². The van der Waals surface area contributed by atoms with Crippen molar-refractivity contribution in [2.75, 3.05) is 6.61 Å². The standard InChI is InChI=1S/C28H50O5/c1-27(2,19-29)17-7-13-20-9-5-11-22(24(20)30)15-16-23-12-6-10-21(25(23)31)14-8-18-28(3,4)26(32)33/h15-16,20-25,29-31H,5-14,17-19H2,1-4H3,(H,32,33)/b16-15+. The summed E-state index contributed by atoms with van der Waals surface area (Å²) < 4.78 is 0. The molecule has 0 aromatic carbocycles. The third kappa shape index (κ3) is 8.67. The van der Waals surface area contributed by atoms with Gasteiger partial charge in [-0.25, -0.2) is 0 Å². The molecule has 2 fully saturated rings. The van der Waals surface area contributed by atoms with Crippen molar-refractivity contribution >= 4 is 5.97 Å². The van der Waals surface area contributed by atoms with Crippen molar-refractivity contribution in [3.05, 3.63) is 12.2 Å². The van der Waals surface area contributed by atoms with Gasteiger partial charge in [-0.3, -0.25) is 4.79 Å². The number of aliphatic carboxylic acids is 1. The Morgan fingerprint density at radius 2 is 1.27 bits per heavy atom. The molecule has 33 heavy (non-hydrogen) atoms. The summed E-state index contributed by atoms with van der Waals surface area (Å²) in [7, 11) is 0. The van der Waals surface area contributed by atoms with E-state index in [1.54, 1.807) is 13.8 Å². The second-order valence-corrected chi connectivity index (χ2v) is 12.4. The lowest BCUT2D eigenvalue weighted by atomic mass is 9.73. The van der Waals surface area contributed by atoms with Crippen LogP contribution in [0.5, 0.6) is 0 Å². The number of carboxylic acids is 1. The molecule has 2 rings (SSSR count). The van der Waals surface area contributed by atoms with Crippen molar-refractivity contribution in [2.45, 2.75) is 117 Å². The van der Waals surface area contributed by atoms with Crippen molar-refractivity contribution in [1.82, 2.24) is 0 Å². The number of hydrogen-bond acceptors (Lipinski definition) is 4. The number of aliphatic hydroxyl groups is 3. The number of carbonyl (C=O) groups is 1. The van der Waals surface area contributed by atoms with Crippen LogP contribution in [0.15, 0.2) is 12.2 Å². The molecule has 0 saturated heterocycles. The highest BCUT2D eigenvalue weighted by Gasteiger charge is 2.34. The molecule has 0 heterocycles. The first-order valence-corrected chi connectivity index (χ1v) is 13.4. The maximum atomic E-state index is 11.3. The van der Waals surface area contributed by atoms with Crippen molar-refractivity contribution < 1.29 is 25.2 Å². The molecular weight excluding hydrogens is 416 g/mol. The zero-order valence-corrected chi connectivity index (χ0v) is 21.5. The van der Waals surface area contributed by atoms with Crippen LogP contribution in [-0.4, -0.2) is 45.2 Å². The van der Waals surface area contributed by atoms with Crippen molar-refractivity contribution in [3.63, 3.8) is 0 Å². The molecule has 0 bridgehead atoms. The minimum Gasteiger partial charge on any atom is -0.481 e. The Morgan fingerprint density at radius 1 is 0.818 bits per heavy atom. The normalized spacial score (nSPS) is 31.7. The highest BCUT2D eigenvalue weighted by atomic mass is 16.4. The van der Waals surface area contributed by atoms with E-state index in [0.29, 0.717) is 12.3 Å². The molecule has 0 aliphatic heterocycles. The lowest BCUT2D eigenvalue weighted by Crippen LogP contribution is -2.34. The second-order valence-electron chi connectivity index (χ2n) is 12.4. The lowest BCUT2D eigenvalue weighted by molar-refractivity contribution is -0.147. The zero-order valence-electron chi connectivity index (χ0n) is 21.5. The Hall–Kier alpha value is -0.910. The number of rotatable bonds is 12. The van der Waals surface area contributed by atoms with Crippen molar-refractivity contribution in [3.8, 4) is 0 Å². The van der Waals surface area contributed by atoms with Gasteiger partial charge in [0.15, 0.2) is 0 Å². The second kappa shape index (κ2) is 12.7. The van der Waals surface area contributed by atoms with E-state index in [9.17, 15) is 25.2 Å². The van der Waals surface area contributed by atoms with Crippen LogP contribution in [0.3, 0.4) is 0 Å². The van der Waals surface area contributed by atoms with E-state index in [1.807, 2.05) is 0 Å². The summed E-state index contributed by atoms with van der Waals surface area (Å²) in [5, 5.41) is 40.7. The minimum absolute atomic E-state index is 0.0457. The van der Waals surface area contributed by atoms with E-state index in [0.717, 1.165) is 70.6 Å². The molecule has 0 spiro atoms. The van der Waals surface area contributed by atoms with Crippen LogP contribution in [0.2, 0.25) is 0 Å². The SMILES string of the molecule is CC(C)(CO)CCCC1CCCC(/C=C/C2CCCC(CCCC(C)(C)C(=O)O)C2O)C1O. The maximum absolute atomic E-state index is 11.3. The summed E-state index contributed by atoms with van der Waals surface area (Å²) in [6, 6.07) is 0.